The molecule has 0 spiro atoms. The monoisotopic (exact) mass is 271 g/mol. The molecule has 15 heavy (non-hydrogen) atoms. The summed E-state index contributed by atoms with van der Waals surface area (Å²) in [5.41, 5.74) is 1.17. The predicted molar refractivity (Wildman–Crippen MR) is 60.3 cm³/mol. The van der Waals surface area contributed by atoms with Crippen molar-refractivity contribution in [3.8, 4) is 0 Å². The van der Waals surface area contributed by atoms with Crippen molar-refractivity contribution in [1.29, 1.82) is 0 Å². The Balaban J connectivity index is 3.25. The summed E-state index contributed by atoms with van der Waals surface area (Å²) in [6.07, 6.45) is 0.348. The molecule has 1 aromatic rings. The number of alkyl halides is 1. The minimum Gasteiger partial charge on any atom is -0.294 e. The van der Waals surface area contributed by atoms with Gasteiger partial charge in [0.05, 0.1) is 4.92 Å². The van der Waals surface area contributed by atoms with Crippen molar-refractivity contribution in [3.05, 3.63) is 39.4 Å². The largest absolute Gasteiger partial charge is 0.294 e. The summed E-state index contributed by atoms with van der Waals surface area (Å²) in [5.74, 6) is -0.0758. The van der Waals surface area contributed by atoms with Crippen molar-refractivity contribution < 1.29 is 9.72 Å². The molecule has 0 unspecified atom stereocenters. The number of nitro groups is 1. The zero-order valence-electron chi connectivity index (χ0n) is 8.20. The van der Waals surface area contributed by atoms with Crippen molar-refractivity contribution in [2.45, 2.75) is 18.7 Å². The van der Waals surface area contributed by atoms with Gasteiger partial charge in [-0.15, -0.1) is 0 Å². The number of nitrogens with zero attached hydrogens (tertiary/aromatic N) is 1. The Hall–Kier alpha value is -1.23. The van der Waals surface area contributed by atoms with Gasteiger partial charge in [0.2, 0.25) is 0 Å². The first-order valence-electron chi connectivity index (χ1n) is 4.46. The van der Waals surface area contributed by atoms with Crippen LogP contribution in [0, 0.1) is 10.1 Å². The average molecular weight is 272 g/mol. The molecule has 0 heterocycles. The summed E-state index contributed by atoms with van der Waals surface area (Å²) in [7, 11) is 0. The molecule has 0 atom stereocenters. The van der Waals surface area contributed by atoms with Gasteiger partial charge in [-0.3, -0.25) is 14.9 Å². The van der Waals surface area contributed by atoms with Crippen LogP contribution in [0.2, 0.25) is 0 Å². The minimum atomic E-state index is -0.496. The van der Waals surface area contributed by atoms with Crippen LogP contribution in [0.5, 0.6) is 0 Å². The van der Waals surface area contributed by atoms with E-state index < -0.39 is 4.92 Å². The van der Waals surface area contributed by atoms with E-state index in [2.05, 4.69) is 15.9 Å². The van der Waals surface area contributed by atoms with Gasteiger partial charge in [0.25, 0.3) is 5.69 Å². The fourth-order valence-electron chi connectivity index (χ4n) is 1.24. The van der Waals surface area contributed by atoms with Crippen LogP contribution in [-0.4, -0.2) is 10.7 Å². The standard InChI is InChI=1S/C10H10BrNO3/c1-2-10(13)9-5-8(12(14)15)4-3-7(9)6-11/h3-5H,2,6H2,1H3. The van der Waals surface area contributed by atoms with Crippen LogP contribution in [0.3, 0.4) is 0 Å². The van der Waals surface area contributed by atoms with Crippen molar-refractivity contribution in [2.24, 2.45) is 0 Å². The molecule has 0 radical (unpaired) electrons. The van der Waals surface area contributed by atoms with Crippen LogP contribution in [0.1, 0.15) is 29.3 Å². The molecular weight excluding hydrogens is 262 g/mol. The number of nitro benzene ring substituents is 1. The molecule has 0 bridgehead atoms. The molecule has 1 rings (SSSR count). The molecule has 80 valence electrons. The van der Waals surface area contributed by atoms with Crippen molar-refractivity contribution >= 4 is 27.4 Å². The van der Waals surface area contributed by atoms with E-state index in [0.717, 1.165) is 5.56 Å². The molecule has 0 saturated carbocycles. The Labute approximate surface area is 95.6 Å². The number of Topliss-reactive ketones (excluding diaryl/α,β-unsaturated/α-hetero) is 1. The second-order valence-electron chi connectivity index (χ2n) is 3.01. The van der Waals surface area contributed by atoms with Crippen molar-refractivity contribution in [2.75, 3.05) is 0 Å². The number of benzene rings is 1. The van der Waals surface area contributed by atoms with Gasteiger partial charge in [-0.2, -0.15) is 0 Å². The predicted octanol–water partition coefficient (Wildman–Crippen LogP) is 3.08. The lowest BCUT2D eigenvalue weighted by molar-refractivity contribution is -0.384. The van der Waals surface area contributed by atoms with Crippen molar-refractivity contribution in [1.82, 2.24) is 0 Å². The van der Waals surface area contributed by atoms with Crippen molar-refractivity contribution in [3.63, 3.8) is 0 Å². The highest BCUT2D eigenvalue weighted by Crippen LogP contribution is 2.21. The number of rotatable bonds is 4. The third-order valence-corrected chi connectivity index (χ3v) is 2.67. The molecular formula is C10H10BrNO3. The molecule has 4 nitrogen and oxygen atoms in total. The molecule has 5 heteroatoms. The highest BCUT2D eigenvalue weighted by molar-refractivity contribution is 9.08. The van der Waals surface area contributed by atoms with Gasteiger partial charge in [0.15, 0.2) is 5.78 Å². The molecule has 0 aliphatic rings. The molecule has 0 amide bonds. The first-order chi connectivity index (χ1) is 7.10. The zero-order chi connectivity index (χ0) is 11.4. The second-order valence-corrected chi connectivity index (χ2v) is 3.57. The topological polar surface area (TPSA) is 60.2 Å². The second kappa shape index (κ2) is 5.02. The molecule has 0 N–H and O–H groups in total. The highest BCUT2D eigenvalue weighted by Gasteiger charge is 2.14. The number of carbonyl (C=O) groups is 1. The van der Waals surface area contributed by atoms with Crippen LogP contribution >= 0.6 is 15.9 Å². The van der Waals surface area contributed by atoms with Crippen LogP contribution in [0.25, 0.3) is 0 Å². The number of halogens is 1. The quantitative estimate of drug-likeness (QED) is 0.366. The Bertz CT molecular complexity index is 404. The summed E-state index contributed by atoms with van der Waals surface area (Å²) in [6, 6.07) is 4.35. The zero-order valence-corrected chi connectivity index (χ0v) is 9.78. The van der Waals surface area contributed by atoms with Gasteiger partial charge < -0.3 is 0 Å². The van der Waals surface area contributed by atoms with Gasteiger partial charge in [0.1, 0.15) is 0 Å². The van der Waals surface area contributed by atoms with E-state index in [-0.39, 0.29) is 11.5 Å². The van der Waals surface area contributed by atoms with E-state index in [4.69, 9.17) is 0 Å². The summed E-state index contributed by atoms with van der Waals surface area (Å²) in [4.78, 5) is 21.6. The summed E-state index contributed by atoms with van der Waals surface area (Å²) < 4.78 is 0. The van der Waals surface area contributed by atoms with Gasteiger partial charge in [0, 0.05) is 29.4 Å². The van der Waals surface area contributed by atoms with E-state index in [1.807, 2.05) is 0 Å². The maximum absolute atomic E-state index is 11.5. The smallest absolute Gasteiger partial charge is 0.270 e. The summed E-state index contributed by atoms with van der Waals surface area (Å²) in [6.45, 7) is 1.74. The summed E-state index contributed by atoms with van der Waals surface area (Å²) in [5, 5.41) is 11.1. The summed E-state index contributed by atoms with van der Waals surface area (Å²) >= 11 is 3.25. The number of ketones is 1. The van der Waals surface area contributed by atoms with Crippen LogP contribution < -0.4 is 0 Å². The SMILES string of the molecule is CCC(=O)c1cc([N+](=O)[O-])ccc1CBr. The minimum absolute atomic E-state index is 0.0449. The molecule has 1 aromatic carbocycles. The van der Waals surface area contributed by atoms with E-state index in [9.17, 15) is 14.9 Å². The Morgan fingerprint density at radius 2 is 2.20 bits per heavy atom. The van der Waals surface area contributed by atoms with Crippen LogP contribution in [0.15, 0.2) is 18.2 Å². The van der Waals surface area contributed by atoms with E-state index in [1.54, 1.807) is 13.0 Å². The van der Waals surface area contributed by atoms with Gasteiger partial charge in [-0.25, -0.2) is 0 Å². The third-order valence-electron chi connectivity index (χ3n) is 2.07. The van der Waals surface area contributed by atoms with Gasteiger partial charge in [-0.1, -0.05) is 28.9 Å². The number of carbonyl (C=O) groups excluding carboxylic acids is 1. The normalized spacial score (nSPS) is 10.0. The molecule has 0 aliphatic heterocycles. The van der Waals surface area contributed by atoms with Gasteiger partial charge >= 0.3 is 0 Å². The third kappa shape index (κ3) is 2.62. The lowest BCUT2D eigenvalue weighted by Crippen LogP contribution is -2.02. The lowest BCUT2D eigenvalue weighted by atomic mass is 10.0. The Morgan fingerprint density at radius 1 is 1.53 bits per heavy atom. The first-order valence-corrected chi connectivity index (χ1v) is 5.58. The van der Waals surface area contributed by atoms with E-state index in [0.29, 0.717) is 17.3 Å². The fraction of sp³-hybridized carbons (Fsp3) is 0.300. The number of hydrogen-bond donors (Lipinski definition) is 0. The lowest BCUT2D eigenvalue weighted by Gasteiger charge is -2.04. The van der Waals surface area contributed by atoms with Gasteiger partial charge in [-0.05, 0) is 5.56 Å². The molecule has 0 aromatic heterocycles. The van der Waals surface area contributed by atoms with Crippen LogP contribution in [0.4, 0.5) is 5.69 Å². The maximum atomic E-state index is 11.5. The van der Waals surface area contributed by atoms with E-state index >= 15 is 0 Å². The number of non-ortho nitro benzene ring substituents is 1. The fourth-order valence-corrected chi connectivity index (χ4v) is 1.73. The maximum Gasteiger partial charge on any atom is 0.270 e. The average Bonchev–Trinajstić information content (AvgIpc) is 2.27. The molecule has 0 fully saturated rings. The molecule has 0 saturated heterocycles. The Morgan fingerprint density at radius 3 is 2.67 bits per heavy atom. The Kier molecular flexibility index (Phi) is 3.96. The first kappa shape index (κ1) is 11.8. The van der Waals surface area contributed by atoms with Crippen LogP contribution in [-0.2, 0) is 5.33 Å². The number of hydrogen-bond acceptors (Lipinski definition) is 3. The molecule has 0 aliphatic carbocycles. The highest BCUT2D eigenvalue weighted by atomic mass is 79.9. The van der Waals surface area contributed by atoms with E-state index in [1.165, 1.54) is 12.1 Å².